The average Bonchev–Trinajstić information content (AvgIpc) is 2.47. The Balaban J connectivity index is 1.96. The molecule has 2 N–H and O–H groups in total. The van der Waals surface area contributed by atoms with Gasteiger partial charge in [0, 0.05) is 16.8 Å². The lowest BCUT2D eigenvalue weighted by Crippen LogP contribution is -2.31. The van der Waals surface area contributed by atoms with Gasteiger partial charge < -0.3 is 15.4 Å². The topological polar surface area (TPSA) is 50.4 Å². The Labute approximate surface area is 129 Å². The second-order valence-corrected chi connectivity index (χ2v) is 5.04. The van der Waals surface area contributed by atoms with Crippen molar-refractivity contribution in [1.82, 2.24) is 5.32 Å². The highest BCUT2D eigenvalue weighted by Gasteiger charge is 2.09. The van der Waals surface area contributed by atoms with Gasteiger partial charge in [-0.25, -0.2) is 4.79 Å². The van der Waals surface area contributed by atoms with E-state index in [-0.39, 0.29) is 12.1 Å². The molecular weight excluding hydrogens is 288 g/mol. The number of rotatable bonds is 4. The Bertz CT molecular complexity index is 614. The van der Waals surface area contributed by atoms with Gasteiger partial charge in [-0.2, -0.15) is 0 Å². The number of methoxy groups -OCH3 is 1. The first kappa shape index (κ1) is 15.2. The normalized spacial score (nSPS) is 11.6. The van der Waals surface area contributed by atoms with Crippen LogP contribution in [0.15, 0.2) is 48.5 Å². The summed E-state index contributed by atoms with van der Waals surface area (Å²) in [5.41, 5.74) is 1.66. The van der Waals surface area contributed by atoms with Gasteiger partial charge in [-0.05, 0) is 36.8 Å². The van der Waals surface area contributed by atoms with Crippen molar-refractivity contribution in [3.8, 4) is 5.75 Å². The van der Waals surface area contributed by atoms with Crippen molar-refractivity contribution >= 4 is 23.3 Å². The molecule has 0 aliphatic heterocycles. The molecule has 0 radical (unpaired) electrons. The van der Waals surface area contributed by atoms with Crippen molar-refractivity contribution in [3.63, 3.8) is 0 Å². The number of carbonyl (C=O) groups excluding carboxylic acids is 1. The number of halogens is 1. The lowest BCUT2D eigenvalue weighted by atomic mass is 10.1. The second-order valence-electron chi connectivity index (χ2n) is 4.60. The molecule has 21 heavy (non-hydrogen) atoms. The van der Waals surface area contributed by atoms with E-state index in [1.165, 1.54) is 0 Å². The maximum atomic E-state index is 12.0. The third-order valence-electron chi connectivity index (χ3n) is 3.05. The highest BCUT2D eigenvalue weighted by atomic mass is 35.5. The van der Waals surface area contributed by atoms with Crippen LogP contribution in [0.5, 0.6) is 5.75 Å². The van der Waals surface area contributed by atoms with E-state index in [1.807, 2.05) is 31.2 Å². The molecule has 0 aliphatic rings. The minimum absolute atomic E-state index is 0.118. The maximum absolute atomic E-state index is 12.0. The summed E-state index contributed by atoms with van der Waals surface area (Å²) < 4.78 is 5.11. The molecule has 2 aromatic carbocycles. The van der Waals surface area contributed by atoms with E-state index < -0.39 is 0 Å². The summed E-state index contributed by atoms with van der Waals surface area (Å²) in [7, 11) is 1.59. The van der Waals surface area contributed by atoms with E-state index >= 15 is 0 Å². The fourth-order valence-corrected chi connectivity index (χ4v) is 2.03. The molecule has 0 saturated carbocycles. The number of nitrogens with one attached hydrogen (secondary N) is 2. The van der Waals surface area contributed by atoms with Gasteiger partial charge in [-0.3, -0.25) is 0 Å². The van der Waals surface area contributed by atoms with Gasteiger partial charge in [-0.15, -0.1) is 0 Å². The zero-order chi connectivity index (χ0) is 15.2. The van der Waals surface area contributed by atoms with Crippen LogP contribution < -0.4 is 15.4 Å². The van der Waals surface area contributed by atoms with Crippen molar-refractivity contribution in [3.05, 3.63) is 59.1 Å². The third-order valence-corrected chi connectivity index (χ3v) is 3.30. The molecule has 1 atom stereocenters. The molecule has 2 rings (SSSR count). The third kappa shape index (κ3) is 4.39. The van der Waals surface area contributed by atoms with E-state index in [4.69, 9.17) is 16.3 Å². The molecule has 2 amide bonds. The molecule has 5 heteroatoms. The number of ether oxygens (including phenoxy) is 1. The SMILES string of the molecule is COc1cccc(NC(=O)NC(C)c2ccc(Cl)cc2)c1. The molecule has 0 heterocycles. The molecular formula is C16H17ClN2O2. The Morgan fingerprint density at radius 1 is 1.19 bits per heavy atom. The predicted octanol–water partition coefficient (Wildman–Crippen LogP) is 4.23. The van der Waals surface area contributed by atoms with Crippen molar-refractivity contribution in [2.24, 2.45) is 0 Å². The van der Waals surface area contributed by atoms with Crippen LogP contribution in [0.2, 0.25) is 5.02 Å². The molecule has 0 spiro atoms. The zero-order valence-corrected chi connectivity index (χ0v) is 12.6. The number of urea groups is 1. The van der Waals surface area contributed by atoms with Crippen molar-refractivity contribution < 1.29 is 9.53 Å². The first-order valence-electron chi connectivity index (χ1n) is 6.55. The number of hydrogen-bond acceptors (Lipinski definition) is 2. The average molecular weight is 305 g/mol. The fourth-order valence-electron chi connectivity index (χ4n) is 1.90. The minimum Gasteiger partial charge on any atom is -0.497 e. The van der Waals surface area contributed by atoms with Gasteiger partial charge in [0.1, 0.15) is 5.75 Å². The monoisotopic (exact) mass is 304 g/mol. The summed E-state index contributed by atoms with van der Waals surface area (Å²) in [6, 6.07) is 14.2. The van der Waals surface area contributed by atoms with Crippen LogP contribution in [0, 0.1) is 0 Å². The zero-order valence-electron chi connectivity index (χ0n) is 11.9. The number of hydrogen-bond donors (Lipinski definition) is 2. The smallest absolute Gasteiger partial charge is 0.319 e. The molecule has 0 saturated heterocycles. The van der Waals surface area contributed by atoms with E-state index in [1.54, 1.807) is 31.4 Å². The van der Waals surface area contributed by atoms with Gasteiger partial charge in [0.05, 0.1) is 13.2 Å². The van der Waals surface area contributed by atoms with Gasteiger partial charge in [0.15, 0.2) is 0 Å². The first-order valence-corrected chi connectivity index (χ1v) is 6.93. The van der Waals surface area contributed by atoms with E-state index in [9.17, 15) is 4.79 Å². The fraction of sp³-hybridized carbons (Fsp3) is 0.188. The van der Waals surface area contributed by atoms with Crippen molar-refractivity contribution in [2.75, 3.05) is 12.4 Å². The number of anilines is 1. The standard InChI is InChI=1S/C16H17ClN2O2/c1-11(12-6-8-13(17)9-7-12)18-16(20)19-14-4-3-5-15(10-14)21-2/h3-11H,1-2H3,(H2,18,19,20). The van der Waals surface area contributed by atoms with Crippen LogP contribution in [0.4, 0.5) is 10.5 Å². The van der Waals surface area contributed by atoms with E-state index in [2.05, 4.69) is 10.6 Å². The Morgan fingerprint density at radius 2 is 1.90 bits per heavy atom. The van der Waals surface area contributed by atoms with E-state index in [0.717, 1.165) is 5.56 Å². The highest BCUT2D eigenvalue weighted by Crippen LogP contribution is 2.18. The molecule has 0 aliphatic carbocycles. The van der Waals surface area contributed by atoms with Crippen LogP contribution in [0.1, 0.15) is 18.5 Å². The van der Waals surface area contributed by atoms with Crippen LogP contribution in [0.3, 0.4) is 0 Å². The van der Waals surface area contributed by atoms with Crippen LogP contribution in [0.25, 0.3) is 0 Å². The summed E-state index contributed by atoms with van der Waals surface area (Å²) in [5.74, 6) is 0.693. The van der Waals surface area contributed by atoms with Crippen LogP contribution >= 0.6 is 11.6 Å². The van der Waals surface area contributed by atoms with Gasteiger partial charge in [0.25, 0.3) is 0 Å². The van der Waals surface area contributed by atoms with E-state index in [0.29, 0.717) is 16.5 Å². The molecule has 0 fully saturated rings. The molecule has 1 unspecified atom stereocenters. The lowest BCUT2D eigenvalue weighted by Gasteiger charge is -2.15. The number of amides is 2. The molecule has 4 nitrogen and oxygen atoms in total. The Kier molecular flexibility index (Phi) is 5.06. The maximum Gasteiger partial charge on any atom is 0.319 e. The first-order chi connectivity index (χ1) is 10.1. The summed E-state index contributed by atoms with van der Waals surface area (Å²) in [6.45, 7) is 1.91. The van der Waals surface area contributed by atoms with Crippen molar-refractivity contribution in [2.45, 2.75) is 13.0 Å². The van der Waals surface area contributed by atoms with Gasteiger partial charge in [0.2, 0.25) is 0 Å². The lowest BCUT2D eigenvalue weighted by molar-refractivity contribution is 0.249. The molecule has 0 bridgehead atoms. The van der Waals surface area contributed by atoms with Crippen molar-refractivity contribution in [1.29, 1.82) is 0 Å². The summed E-state index contributed by atoms with van der Waals surface area (Å²) in [4.78, 5) is 12.0. The Hall–Kier alpha value is -2.20. The Morgan fingerprint density at radius 3 is 2.57 bits per heavy atom. The minimum atomic E-state index is -0.272. The summed E-state index contributed by atoms with van der Waals surface area (Å²) in [6.07, 6.45) is 0. The van der Waals surface area contributed by atoms with Crippen LogP contribution in [-0.2, 0) is 0 Å². The number of benzene rings is 2. The molecule has 110 valence electrons. The highest BCUT2D eigenvalue weighted by molar-refractivity contribution is 6.30. The largest absolute Gasteiger partial charge is 0.497 e. The molecule has 2 aromatic rings. The quantitative estimate of drug-likeness (QED) is 0.888. The second kappa shape index (κ2) is 6.99. The number of carbonyl (C=O) groups is 1. The summed E-state index contributed by atoms with van der Waals surface area (Å²) >= 11 is 5.85. The van der Waals surface area contributed by atoms with Gasteiger partial charge in [-0.1, -0.05) is 29.8 Å². The van der Waals surface area contributed by atoms with Crippen LogP contribution in [-0.4, -0.2) is 13.1 Å². The van der Waals surface area contributed by atoms with Gasteiger partial charge >= 0.3 is 6.03 Å². The molecule has 0 aromatic heterocycles. The summed E-state index contributed by atoms with van der Waals surface area (Å²) in [5, 5.41) is 6.31. The predicted molar refractivity (Wildman–Crippen MR) is 85.0 cm³/mol.